The molecule has 2 unspecified atom stereocenters. The molecule has 2 aromatic carbocycles. The normalized spacial score (nSPS) is 17.9. The van der Waals surface area contributed by atoms with Crippen molar-refractivity contribution in [3.63, 3.8) is 0 Å². The van der Waals surface area contributed by atoms with E-state index in [0.717, 1.165) is 32.4 Å². The number of pyridine rings is 1. The maximum Gasteiger partial charge on any atom is 0.411 e. The van der Waals surface area contributed by atoms with Gasteiger partial charge in [0.05, 0.1) is 30.1 Å². The van der Waals surface area contributed by atoms with Crippen molar-refractivity contribution in [3.8, 4) is 0 Å². The van der Waals surface area contributed by atoms with Crippen molar-refractivity contribution in [3.05, 3.63) is 77.7 Å². The number of amides is 2. The molecule has 0 bridgehead atoms. The van der Waals surface area contributed by atoms with Crippen molar-refractivity contribution < 1.29 is 19.1 Å². The highest BCUT2D eigenvalue weighted by molar-refractivity contribution is 7.99. The molecule has 9 nitrogen and oxygen atoms in total. The molecule has 3 heterocycles. The zero-order chi connectivity index (χ0) is 33.0. The van der Waals surface area contributed by atoms with Gasteiger partial charge in [0.25, 0.3) is 5.91 Å². The summed E-state index contributed by atoms with van der Waals surface area (Å²) in [6.07, 6.45) is 5.19. The second-order valence-corrected chi connectivity index (χ2v) is 15.2. The van der Waals surface area contributed by atoms with Gasteiger partial charge in [0.15, 0.2) is 0 Å². The first-order valence-electron chi connectivity index (χ1n) is 14.9. The number of benzene rings is 2. The summed E-state index contributed by atoms with van der Waals surface area (Å²) in [5, 5.41) is 6.23. The van der Waals surface area contributed by atoms with E-state index in [1.54, 1.807) is 18.3 Å². The lowest BCUT2D eigenvalue weighted by atomic mass is 10.1. The molecule has 1 saturated heterocycles. The van der Waals surface area contributed by atoms with E-state index >= 15 is 0 Å². The number of carbonyl (C=O) groups is 2. The van der Waals surface area contributed by atoms with Crippen LogP contribution >= 0.6 is 46.6 Å². The van der Waals surface area contributed by atoms with Gasteiger partial charge in [-0.15, -0.1) is 0 Å². The van der Waals surface area contributed by atoms with E-state index in [1.165, 1.54) is 11.8 Å². The van der Waals surface area contributed by atoms with Gasteiger partial charge >= 0.3 is 6.09 Å². The van der Waals surface area contributed by atoms with Crippen LogP contribution in [0.5, 0.6) is 0 Å². The van der Waals surface area contributed by atoms with Crippen LogP contribution < -0.4 is 10.6 Å². The summed E-state index contributed by atoms with van der Waals surface area (Å²) in [6.45, 7) is 9.69. The third-order valence-corrected chi connectivity index (χ3v) is 8.81. The smallest absolute Gasteiger partial charge is 0.411 e. The third-order valence-electron chi connectivity index (χ3n) is 7.40. The highest BCUT2D eigenvalue weighted by atomic mass is 35.6. The van der Waals surface area contributed by atoms with Crippen LogP contribution in [-0.2, 0) is 16.0 Å². The minimum atomic E-state index is -1.69. The Labute approximate surface area is 288 Å². The highest BCUT2D eigenvalue weighted by Crippen LogP contribution is 2.38. The second kappa shape index (κ2) is 14.7. The molecule has 1 fully saturated rings. The molecule has 2 aliphatic rings. The summed E-state index contributed by atoms with van der Waals surface area (Å²) in [5.74, 6) is -0.0390. The minimum absolute atomic E-state index is 0.0329. The van der Waals surface area contributed by atoms with Crippen LogP contribution in [0, 0.1) is 0 Å². The number of morpholine rings is 1. The lowest BCUT2D eigenvalue weighted by molar-refractivity contribution is -0.0586. The Morgan fingerprint density at radius 1 is 1.07 bits per heavy atom. The number of hydrogen-bond donors (Lipinski definition) is 2. The van der Waals surface area contributed by atoms with Crippen LogP contribution in [0.1, 0.15) is 49.3 Å². The summed E-state index contributed by atoms with van der Waals surface area (Å²) in [5.41, 5.74) is 4.80. The highest BCUT2D eigenvalue weighted by Gasteiger charge is 2.27. The molecular weight excluding hydrogens is 669 g/mol. The number of alkyl halides is 3. The van der Waals surface area contributed by atoms with E-state index in [-0.39, 0.29) is 24.7 Å². The molecule has 3 aromatic rings. The number of halogens is 3. The molecule has 1 aromatic heterocycles. The first-order chi connectivity index (χ1) is 21.8. The van der Waals surface area contributed by atoms with Gasteiger partial charge in [-0.05, 0) is 82.3 Å². The Kier molecular flexibility index (Phi) is 11.0. The van der Waals surface area contributed by atoms with Gasteiger partial charge in [-0.2, -0.15) is 0 Å². The van der Waals surface area contributed by atoms with Crippen molar-refractivity contribution in [2.75, 3.05) is 30.3 Å². The quantitative estimate of drug-likeness (QED) is 0.226. The van der Waals surface area contributed by atoms with E-state index < -0.39 is 9.89 Å². The van der Waals surface area contributed by atoms with Crippen LogP contribution in [0.25, 0.3) is 6.08 Å². The van der Waals surface area contributed by atoms with Crippen molar-refractivity contribution in [2.45, 2.75) is 66.1 Å². The Balaban J connectivity index is 1.40. The summed E-state index contributed by atoms with van der Waals surface area (Å²) >= 11 is 18.5. The van der Waals surface area contributed by atoms with E-state index in [2.05, 4.69) is 46.6 Å². The molecule has 2 aliphatic heterocycles. The lowest BCUT2D eigenvalue weighted by Gasteiger charge is -2.35. The lowest BCUT2D eigenvalue weighted by Crippen LogP contribution is -2.48. The van der Waals surface area contributed by atoms with Gasteiger partial charge in [-0.1, -0.05) is 46.6 Å². The molecule has 2 amide bonds. The number of nitrogens with one attached hydrogen (secondary N) is 2. The number of aromatic nitrogens is 1. The number of hydrogen-bond acceptors (Lipinski definition) is 8. The summed E-state index contributed by atoms with van der Waals surface area (Å²) in [7, 11) is 0. The van der Waals surface area contributed by atoms with Crippen molar-refractivity contribution >= 4 is 81.7 Å². The van der Waals surface area contributed by atoms with Crippen LogP contribution in [0.3, 0.4) is 0 Å². The predicted molar refractivity (Wildman–Crippen MR) is 185 cm³/mol. The number of nitrogens with zero attached hydrogens (tertiary/aromatic N) is 3. The third kappa shape index (κ3) is 9.01. The van der Waals surface area contributed by atoms with Crippen molar-refractivity contribution in [1.29, 1.82) is 0 Å². The molecule has 46 heavy (non-hydrogen) atoms. The Bertz CT molecular complexity index is 1590. The van der Waals surface area contributed by atoms with Crippen LogP contribution in [0.15, 0.2) is 70.7 Å². The second-order valence-electron chi connectivity index (χ2n) is 11.5. The summed E-state index contributed by atoms with van der Waals surface area (Å²) in [4.78, 5) is 36.3. The first-order valence-corrected chi connectivity index (χ1v) is 16.9. The average Bonchev–Trinajstić information content (AvgIpc) is 3.00. The molecule has 13 heteroatoms. The monoisotopic (exact) mass is 703 g/mol. The maximum absolute atomic E-state index is 13.7. The standard InChI is InChI=1S/C33H36Cl3N5O4S/c1-20(2)40-14-12-26-27(11-13-37-29(26)18-40)39-28-15-23(31(42)41-16-21(3)45-22(4)17-41)5-10-30(28)46-25-8-6-24(7-9-25)38-32(43)44-19-33(34,35)36/h5-15,20-22H,16-19H2,1-4H3,(H,37,39)(H,38,43). The number of rotatable bonds is 8. The van der Waals surface area contributed by atoms with Crippen molar-refractivity contribution in [2.24, 2.45) is 0 Å². The molecule has 0 saturated carbocycles. The fraction of sp³-hybridized carbons (Fsp3) is 0.364. The van der Waals surface area contributed by atoms with Gasteiger partial charge < -0.3 is 24.6 Å². The first kappa shape index (κ1) is 34.2. The predicted octanol–water partition coefficient (Wildman–Crippen LogP) is 8.34. The summed E-state index contributed by atoms with van der Waals surface area (Å²) < 4.78 is 9.10. The van der Waals surface area contributed by atoms with Gasteiger partial charge in [-0.3, -0.25) is 15.1 Å². The fourth-order valence-corrected chi connectivity index (χ4v) is 6.29. The molecule has 244 valence electrons. The molecule has 0 aliphatic carbocycles. The van der Waals surface area contributed by atoms with Gasteiger partial charge in [0.2, 0.25) is 3.79 Å². The molecule has 2 atom stereocenters. The van der Waals surface area contributed by atoms with Crippen LogP contribution in [0.2, 0.25) is 0 Å². The number of ether oxygens (including phenoxy) is 2. The van der Waals surface area contributed by atoms with Crippen molar-refractivity contribution in [1.82, 2.24) is 14.8 Å². The van der Waals surface area contributed by atoms with E-state index in [4.69, 9.17) is 44.3 Å². The van der Waals surface area contributed by atoms with E-state index in [0.29, 0.717) is 36.9 Å². The Hall–Kier alpha value is -3.15. The number of anilines is 3. The van der Waals surface area contributed by atoms with Crippen LogP contribution in [0.4, 0.5) is 21.9 Å². The average molecular weight is 705 g/mol. The Morgan fingerprint density at radius 2 is 1.78 bits per heavy atom. The molecule has 2 N–H and O–H groups in total. The Morgan fingerprint density at radius 3 is 2.46 bits per heavy atom. The van der Waals surface area contributed by atoms with E-state index in [1.807, 2.05) is 55.1 Å². The van der Waals surface area contributed by atoms with E-state index in [9.17, 15) is 9.59 Å². The number of fused-ring (bicyclic) bond motifs is 1. The maximum atomic E-state index is 13.7. The fourth-order valence-electron chi connectivity index (χ4n) is 5.24. The molecule has 0 spiro atoms. The van der Waals surface area contributed by atoms with Gasteiger partial charge in [0.1, 0.15) is 6.61 Å². The van der Waals surface area contributed by atoms with Crippen LogP contribution in [-0.4, -0.2) is 68.5 Å². The van der Waals surface area contributed by atoms with Gasteiger partial charge in [-0.25, -0.2) is 4.79 Å². The largest absolute Gasteiger partial charge is 0.445 e. The minimum Gasteiger partial charge on any atom is -0.445 e. The molecule has 0 radical (unpaired) electrons. The number of carbonyl (C=O) groups excluding carboxylic acids is 2. The zero-order valence-electron chi connectivity index (χ0n) is 25.9. The molecule has 5 rings (SSSR count). The topological polar surface area (TPSA) is 96.0 Å². The summed E-state index contributed by atoms with van der Waals surface area (Å²) in [6, 6.07) is 15.3. The zero-order valence-corrected chi connectivity index (χ0v) is 29.0. The van der Waals surface area contributed by atoms with Gasteiger partial charge in [0, 0.05) is 63.8 Å². The molecular formula is C33H36Cl3N5O4S. The SMILES string of the molecule is CC1CN(C(=O)c2ccc(Sc3ccc(NC(=O)OCC(Cl)(Cl)Cl)cc3)c(Nc3ccnc4c3C=CN(C(C)C)C4)c2)CC(C)O1.